The van der Waals surface area contributed by atoms with E-state index in [4.69, 9.17) is 0 Å². The minimum atomic E-state index is 0.392. The van der Waals surface area contributed by atoms with E-state index in [2.05, 4.69) is 31.9 Å². The molecule has 1 aromatic carbocycles. The van der Waals surface area contributed by atoms with Crippen molar-refractivity contribution in [3.63, 3.8) is 0 Å². The highest BCUT2D eigenvalue weighted by Crippen LogP contribution is 2.17. The van der Waals surface area contributed by atoms with E-state index in [1.54, 1.807) is 24.3 Å². The Labute approximate surface area is 108 Å². The Balaban J connectivity index is 2.99. The fourth-order valence-corrected chi connectivity index (χ4v) is 2.72. The summed E-state index contributed by atoms with van der Waals surface area (Å²) in [6, 6.07) is 6.93. The van der Waals surface area contributed by atoms with E-state index in [-0.39, 0.29) is 0 Å². The molecule has 16 heavy (non-hydrogen) atoms. The van der Waals surface area contributed by atoms with E-state index in [1.165, 1.54) is 0 Å². The second kappa shape index (κ2) is 4.55. The third-order valence-electron chi connectivity index (χ3n) is 2.42. The average Bonchev–Trinajstić information content (AvgIpc) is 2.33. The Kier molecular flexibility index (Phi) is 3.30. The Morgan fingerprint density at radius 2 is 1.94 bits per heavy atom. The van der Waals surface area contributed by atoms with Gasteiger partial charge < -0.3 is 5.21 Å². The van der Waals surface area contributed by atoms with Crippen molar-refractivity contribution in [2.24, 2.45) is 0 Å². The zero-order chi connectivity index (χ0) is 11.7. The average molecular weight is 349 g/mol. The summed E-state index contributed by atoms with van der Waals surface area (Å²) in [6.45, 7) is 0. The summed E-state index contributed by atoms with van der Waals surface area (Å²) in [6.07, 6.45) is 0. The first-order valence-electron chi connectivity index (χ1n) is 4.60. The van der Waals surface area contributed by atoms with Crippen LogP contribution in [0.2, 0.25) is 0 Å². The summed E-state index contributed by atoms with van der Waals surface area (Å²) in [5.74, 6) is 0. The van der Waals surface area contributed by atoms with Crippen LogP contribution in [0.4, 0.5) is 0 Å². The molecule has 0 fully saturated rings. The molecular weight excluding hydrogens is 340 g/mol. The maximum atomic E-state index is 12.0. The van der Waals surface area contributed by atoms with Gasteiger partial charge in [0.05, 0.1) is 15.1 Å². The summed E-state index contributed by atoms with van der Waals surface area (Å²) in [7, 11) is 0. The number of benzene rings is 1. The Hall–Kier alpha value is -0.880. The lowest BCUT2D eigenvalue weighted by atomic mass is 10.2. The number of rotatable bonds is 2. The lowest BCUT2D eigenvalue weighted by molar-refractivity contribution is -0.474. The van der Waals surface area contributed by atoms with Gasteiger partial charge >= 0.3 is 0 Å². The molecule has 1 heterocycles. The molecule has 6 heteroatoms. The summed E-state index contributed by atoms with van der Waals surface area (Å²) in [4.78, 5) is 12.0. The molecule has 0 saturated carbocycles. The number of para-hydroxylation sites is 2. The van der Waals surface area contributed by atoms with Gasteiger partial charge in [-0.2, -0.15) is 4.73 Å². The third kappa shape index (κ3) is 1.66. The van der Waals surface area contributed by atoms with Gasteiger partial charge in [-0.1, -0.05) is 44.0 Å². The van der Waals surface area contributed by atoms with E-state index >= 15 is 0 Å². The number of hydrogen-bond donors (Lipinski definition) is 1. The van der Waals surface area contributed by atoms with Crippen molar-refractivity contribution < 1.29 is 9.63 Å². The molecular formula is C10H9Br2N2O2+. The van der Waals surface area contributed by atoms with Crippen LogP contribution in [0, 0.1) is 4.91 Å². The molecule has 0 aliphatic heterocycles. The molecule has 0 saturated heterocycles. The lowest BCUT2D eigenvalue weighted by Crippen LogP contribution is -2.27. The maximum absolute atomic E-state index is 12.0. The van der Waals surface area contributed by atoms with E-state index in [9.17, 15) is 10.1 Å². The summed E-state index contributed by atoms with van der Waals surface area (Å²) in [5, 5.41) is 10.8. The predicted octanol–water partition coefficient (Wildman–Crippen LogP) is 2.58. The zero-order valence-electron chi connectivity index (χ0n) is 8.23. The molecule has 0 atom stereocenters. The molecule has 84 valence electrons. The number of fused-ring (bicyclic) bond motifs is 1. The van der Waals surface area contributed by atoms with E-state index in [0.717, 1.165) is 9.16 Å². The summed E-state index contributed by atoms with van der Waals surface area (Å²) in [5.41, 5.74) is 1.99. The predicted molar refractivity (Wildman–Crippen MR) is 67.8 cm³/mol. The lowest BCUT2D eigenvalue weighted by Gasteiger charge is -2.06. The molecule has 0 amide bonds. The molecule has 4 nitrogen and oxygen atoms in total. The highest BCUT2D eigenvalue weighted by atomic mass is 79.9. The highest BCUT2D eigenvalue weighted by molar-refractivity contribution is 9.09. The van der Waals surface area contributed by atoms with Gasteiger partial charge in [0.15, 0.2) is 5.52 Å². The van der Waals surface area contributed by atoms with Crippen LogP contribution in [0.3, 0.4) is 0 Å². The normalized spacial score (nSPS) is 10.9. The van der Waals surface area contributed by atoms with Crippen molar-refractivity contribution in [2.75, 3.05) is 0 Å². The van der Waals surface area contributed by atoms with Gasteiger partial charge in [-0.3, -0.25) is 0 Å². The third-order valence-corrected chi connectivity index (χ3v) is 3.48. The number of halogens is 2. The van der Waals surface area contributed by atoms with Gasteiger partial charge in [-0.25, -0.2) is 0 Å². The molecule has 0 aliphatic rings. The van der Waals surface area contributed by atoms with Gasteiger partial charge in [0.25, 0.3) is 11.2 Å². The standard InChI is InChI=1S/C10H9Br2N2O2/c11-5-9-10(6-12)14(16)8-4-2-1-3-7(8)13(9)15/h1-4,15H,5-6H2/q+1. The van der Waals surface area contributed by atoms with Crippen LogP contribution in [0.5, 0.6) is 0 Å². The molecule has 0 bridgehead atoms. The van der Waals surface area contributed by atoms with Crippen LogP contribution < -0.4 is 4.43 Å². The minimum absolute atomic E-state index is 0.392. The maximum Gasteiger partial charge on any atom is 0.290 e. The summed E-state index contributed by atoms with van der Waals surface area (Å²) < 4.78 is 1.89. The van der Waals surface area contributed by atoms with Crippen molar-refractivity contribution in [3.8, 4) is 0 Å². The molecule has 0 aliphatic carbocycles. The van der Waals surface area contributed by atoms with Gasteiger partial charge in [0.1, 0.15) is 5.69 Å². The Morgan fingerprint density at radius 3 is 2.56 bits per heavy atom. The number of hydrogen-bond acceptors (Lipinski definition) is 2. The fraction of sp³-hybridized carbons (Fsp3) is 0.200. The molecule has 0 spiro atoms. The first-order chi connectivity index (χ1) is 7.70. The smallest absolute Gasteiger partial charge is 0.290 e. The quantitative estimate of drug-likeness (QED) is 0.515. The summed E-state index contributed by atoms with van der Waals surface area (Å²) >= 11 is 6.52. The van der Waals surface area contributed by atoms with Crippen molar-refractivity contribution in [2.45, 2.75) is 10.7 Å². The zero-order valence-corrected chi connectivity index (χ0v) is 11.4. The largest absolute Gasteiger partial charge is 0.428 e. The second-order valence-corrected chi connectivity index (χ2v) is 4.38. The Bertz CT molecular complexity index is 595. The van der Waals surface area contributed by atoms with E-state index in [1.807, 2.05) is 0 Å². The Morgan fingerprint density at radius 1 is 1.25 bits per heavy atom. The number of alkyl halides is 2. The first kappa shape index (κ1) is 11.6. The SMILES string of the molecule is O=[n+]1c(CBr)c(CBr)n(O)c2ccccc21. The molecule has 2 aromatic rings. The number of aromatic nitrogens is 2. The van der Waals surface area contributed by atoms with Gasteiger partial charge in [0, 0.05) is 11.0 Å². The van der Waals surface area contributed by atoms with E-state index < -0.39 is 0 Å². The van der Waals surface area contributed by atoms with Crippen molar-refractivity contribution in [1.29, 1.82) is 0 Å². The monoisotopic (exact) mass is 347 g/mol. The van der Waals surface area contributed by atoms with Gasteiger partial charge in [-0.05, 0) is 6.07 Å². The van der Waals surface area contributed by atoms with Crippen LogP contribution in [0.15, 0.2) is 24.3 Å². The number of nitrogens with zero attached hydrogens (tertiary/aromatic N) is 2. The van der Waals surface area contributed by atoms with Crippen molar-refractivity contribution >= 4 is 42.9 Å². The fourth-order valence-electron chi connectivity index (χ4n) is 1.61. The molecule has 0 unspecified atom stereocenters. The van der Waals surface area contributed by atoms with Crippen LogP contribution >= 0.6 is 31.9 Å². The first-order valence-corrected chi connectivity index (χ1v) is 6.84. The van der Waals surface area contributed by atoms with Crippen molar-refractivity contribution in [3.05, 3.63) is 40.6 Å². The molecule has 1 aromatic heterocycles. The topological polar surface area (TPSA) is 48.1 Å². The highest BCUT2D eigenvalue weighted by Gasteiger charge is 2.22. The van der Waals surface area contributed by atoms with Crippen LogP contribution in [0.1, 0.15) is 11.4 Å². The minimum Gasteiger partial charge on any atom is -0.428 e. The molecule has 0 radical (unpaired) electrons. The van der Waals surface area contributed by atoms with Crippen LogP contribution in [-0.4, -0.2) is 9.94 Å². The van der Waals surface area contributed by atoms with E-state index in [0.29, 0.717) is 33.1 Å². The van der Waals surface area contributed by atoms with Crippen molar-refractivity contribution in [1.82, 2.24) is 4.73 Å². The van der Waals surface area contributed by atoms with Gasteiger partial charge in [-0.15, -0.1) is 0 Å². The second-order valence-electron chi connectivity index (χ2n) is 3.26. The van der Waals surface area contributed by atoms with Gasteiger partial charge in [0.2, 0.25) is 0 Å². The van der Waals surface area contributed by atoms with Crippen LogP contribution in [0.25, 0.3) is 11.0 Å². The molecule has 2 rings (SSSR count). The molecule has 1 N–H and O–H groups in total. The van der Waals surface area contributed by atoms with Crippen LogP contribution in [-0.2, 0) is 10.7 Å².